The first-order chi connectivity index (χ1) is 15.8. The summed E-state index contributed by atoms with van der Waals surface area (Å²) in [5, 5.41) is 18.3. The van der Waals surface area contributed by atoms with E-state index in [4.69, 9.17) is 14.6 Å². The predicted molar refractivity (Wildman–Crippen MR) is 128 cm³/mol. The zero-order valence-electron chi connectivity index (χ0n) is 18.9. The quantitative estimate of drug-likeness (QED) is 0.511. The van der Waals surface area contributed by atoms with Gasteiger partial charge in [0.2, 0.25) is 18.6 Å². The van der Waals surface area contributed by atoms with E-state index in [2.05, 4.69) is 16.0 Å². The summed E-state index contributed by atoms with van der Waals surface area (Å²) in [7, 11) is 0. The highest BCUT2D eigenvalue weighted by molar-refractivity contribution is 6.01. The summed E-state index contributed by atoms with van der Waals surface area (Å²) in [5.41, 5.74) is 2.54. The minimum absolute atomic E-state index is 0. The van der Waals surface area contributed by atoms with Crippen molar-refractivity contribution < 1.29 is 27.0 Å². The van der Waals surface area contributed by atoms with Crippen LogP contribution in [0.25, 0.3) is 0 Å². The number of carbonyl (C=O) groups excluding carboxylic acids is 2. The molecule has 0 saturated heterocycles. The average Bonchev–Trinajstić information content (AvgIpc) is 3.29. The number of nitrogens with one attached hydrogen (secondary N) is 3. The number of hydrogen-bond donors (Lipinski definition) is 4. The fraction of sp³-hybridized carbons (Fsp3) is 0.440. The molecule has 178 valence electrons. The molecule has 8 nitrogen and oxygen atoms in total. The van der Waals surface area contributed by atoms with Crippen LogP contribution in [0.5, 0.6) is 11.5 Å². The van der Waals surface area contributed by atoms with Crippen molar-refractivity contribution in [2.45, 2.75) is 44.6 Å². The van der Waals surface area contributed by atoms with Crippen LogP contribution in [0.15, 0.2) is 36.4 Å². The molecule has 2 aromatic rings. The highest BCUT2D eigenvalue weighted by Gasteiger charge is 2.51. The van der Waals surface area contributed by atoms with Gasteiger partial charge >= 0.3 is 0 Å². The first-order valence-electron chi connectivity index (χ1n) is 11.3. The molecule has 0 radical (unpaired) electrons. The number of benzene rings is 2. The lowest BCUT2D eigenvalue weighted by atomic mass is 9.82. The summed E-state index contributed by atoms with van der Waals surface area (Å²) >= 11 is 0. The molecular weight excluding hydrogens is 422 g/mol. The van der Waals surface area contributed by atoms with Gasteiger partial charge < -0.3 is 30.5 Å². The molecule has 2 heterocycles. The zero-order valence-corrected chi connectivity index (χ0v) is 18.9. The fourth-order valence-electron chi connectivity index (χ4n) is 4.65. The predicted octanol–water partition coefficient (Wildman–Crippen LogP) is 3.05. The number of carbonyl (C=O) groups is 2. The standard InChI is InChI=1S/C25H29N3O5.2H2/c1-24(2,22(30)26-9-10-29)21-12-15-11-17(4-5-18(15)28-21)27-23(31)25(7-8-25)16-3-6-19-20(13-16)33-14-32-19;;/h3-6,11,13,21,28-29H,7-10,12,14H2,1-2H3,(H,26,30)(H,27,31);2*1H. The molecule has 1 saturated carbocycles. The summed E-state index contributed by atoms with van der Waals surface area (Å²) in [6.07, 6.45) is 2.26. The van der Waals surface area contributed by atoms with Crippen LogP contribution in [0.2, 0.25) is 0 Å². The third-order valence-corrected chi connectivity index (χ3v) is 7.08. The first kappa shape index (κ1) is 21.6. The van der Waals surface area contributed by atoms with E-state index in [-0.39, 0.29) is 40.7 Å². The van der Waals surface area contributed by atoms with E-state index >= 15 is 0 Å². The van der Waals surface area contributed by atoms with E-state index in [0.717, 1.165) is 35.3 Å². The van der Waals surface area contributed by atoms with Crippen LogP contribution in [-0.4, -0.2) is 42.9 Å². The lowest BCUT2D eigenvalue weighted by molar-refractivity contribution is -0.130. The second-order valence-electron chi connectivity index (χ2n) is 9.58. The van der Waals surface area contributed by atoms with E-state index < -0.39 is 10.8 Å². The van der Waals surface area contributed by atoms with Gasteiger partial charge in [-0.05, 0) is 74.6 Å². The van der Waals surface area contributed by atoms with Crippen molar-refractivity contribution in [3.05, 3.63) is 47.5 Å². The molecule has 3 aliphatic rings. The normalized spacial score (nSPS) is 19.4. The summed E-state index contributed by atoms with van der Waals surface area (Å²) in [6.45, 7) is 4.16. The first-order valence-corrected chi connectivity index (χ1v) is 11.3. The lowest BCUT2D eigenvalue weighted by Crippen LogP contribution is -2.47. The third-order valence-electron chi connectivity index (χ3n) is 7.08. The molecule has 8 heteroatoms. The maximum Gasteiger partial charge on any atom is 0.235 e. The highest BCUT2D eigenvalue weighted by atomic mass is 16.7. The molecule has 2 aromatic carbocycles. The monoisotopic (exact) mass is 455 g/mol. The Kier molecular flexibility index (Phi) is 5.20. The van der Waals surface area contributed by atoms with Crippen LogP contribution in [0.4, 0.5) is 11.4 Å². The Bertz CT molecular complexity index is 1120. The molecule has 1 unspecified atom stereocenters. The molecule has 2 amide bonds. The molecule has 0 spiro atoms. The van der Waals surface area contributed by atoms with Gasteiger partial charge in [-0.25, -0.2) is 0 Å². The number of amides is 2. The van der Waals surface area contributed by atoms with Crippen LogP contribution in [0.1, 0.15) is 40.7 Å². The second kappa shape index (κ2) is 7.95. The van der Waals surface area contributed by atoms with Gasteiger partial charge in [-0.1, -0.05) is 6.07 Å². The average molecular weight is 456 g/mol. The fourth-order valence-corrected chi connectivity index (χ4v) is 4.65. The molecule has 0 aromatic heterocycles. The minimum Gasteiger partial charge on any atom is -0.454 e. The Labute approximate surface area is 195 Å². The molecule has 1 fully saturated rings. The summed E-state index contributed by atoms with van der Waals surface area (Å²) in [5.74, 6) is 1.28. The molecule has 1 atom stereocenters. The van der Waals surface area contributed by atoms with Crippen LogP contribution < -0.4 is 25.4 Å². The number of hydrogen-bond acceptors (Lipinski definition) is 6. The van der Waals surface area contributed by atoms with E-state index in [9.17, 15) is 9.59 Å². The Morgan fingerprint density at radius 3 is 2.73 bits per heavy atom. The molecular formula is C25H33N3O5. The Balaban J connectivity index is 0.00000171. The lowest BCUT2D eigenvalue weighted by Gasteiger charge is -2.30. The smallest absolute Gasteiger partial charge is 0.235 e. The van der Waals surface area contributed by atoms with Gasteiger partial charge in [-0.3, -0.25) is 9.59 Å². The van der Waals surface area contributed by atoms with Gasteiger partial charge in [0.05, 0.1) is 17.4 Å². The molecule has 0 bridgehead atoms. The van der Waals surface area contributed by atoms with Gasteiger partial charge in [-0.2, -0.15) is 0 Å². The van der Waals surface area contributed by atoms with Crippen molar-refractivity contribution in [2.75, 3.05) is 30.6 Å². The summed E-state index contributed by atoms with van der Waals surface area (Å²) in [6, 6.07) is 11.5. The largest absolute Gasteiger partial charge is 0.454 e. The van der Waals surface area contributed by atoms with Crippen molar-refractivity contribution in [2.24, 2.45) is 5.41 Å². The van der Waals surface area contributed by atoms with E-state index in [1.807, 2.05) is 50.2 Å². The molecule has 5 rings (SSSR count). The number of ether oxygens (including phenoxy) is 2. The molecule has 2 aliphatic heterocycles. The summed E-state index contributed by atoms with van der Waals surface area (Å²) in [4.78, 5) is 25.8. The maximum absolute atomic E-state index is 13.2. The van der Waals surface area contributed by atoms with E-state index in [0.29, 0.717) is 17.9 Å². The Hall–Kier alpha value is -3.26. The van der Waals surface area contributed by atoms with Crippen molar-refractivity contribution in [3.63, 3.8) is 0 Å². The Morgan fingerprint density at radius 1 is 1.18 bits per heavy atom. The second-order valence-corrected chi connectivity index (χ2v) is 9.58. The third kappa shape index (κ3) is 3.78. The topological polar surface area (TPSA) is 109 Å². The molecule has 1 aliphatic carbocycles. The van der Waals surface area contributed by atoms with Gasteiger partial charge in [0.25, 0.3) is 0 Å². The minimum atomic E-state index is -0.658. The van der Waals surface area contributed by atoms with Crippen molar-refractivity contribution in [3.8, 4) is 11.5 Å². The zero-order chi connectivity index (χ0) is 23.2. The van der Waals surface area contributed by atoms with Crippen LogP contribution >= 0.6 is 0 Å². The van der Waals surface area contributed by atoms with Crippen LogP contribution in [-0.2, 0) is 21.4 Å². The Morgan fingerprint density at radius 2 is 1.97 bits per heavy atom. The van der Waals surface area contributed by atoms with Crippen molar-refractivity contribution >= 4 is 23.2 Å². The highest BCUT2D eigenvalue weighted by Crippen LogP contribution is 2.51. The van der Waals surface area contributed by atoms with Gasteiger partial charge in [0.1, 0.15) is 0 Å². The van der Waals surface area contributed by atoms with E-state index in [1.165, 1.54) is 0 Å². The van der Waals surface area contributed by atoms with Gasteiger partial charge in [-0.15, -0.1) is 0 Å². The van der Waals surface area contributed by atoms with Crippen molar-refractivity contribution in [1.82, 2.24) is 5.32 Å². The SMILES string of the molecule is CC(C)(C(=O)NCCO)C1Cc2cc(NC(=O)C3(c4ccc5c(c4)OCO5)CC3)ccc2N1.[HH].[HH]. The number of aliphatic hydroxyl groups excluding tert-OH is 1. The van der Waals surface area contributed by atoms with Crippen LogP contribution in [0, 0.1) is 5.41 Å². The van der Waals surface area contributed by atoms with Crippen molar-refractivity contribution in [1.29, 1.82) is 0 Å². The number of aliphatic hydroxyl groups is 1. The van der Waals surface area contributed by atoms with Crippen LogP contribution in [0.3, 0.4) is 0 Å². The molecule has 4 N–H and O–H groups in total. The molecule has 33 heavy (non-hydrogen) atoms. The number of rotatable bonds is 7. The van der Waals surface area contributed by atoms with E-state index in [1.54, 1.807) is 0 Å². The van der Waals surface area contributed by atoms with Gasteiger partial charge in [0, 0.05) is 26.8 Å². The number of fused-ring (bicyclic) bond motifs is 2. The maximum atomic E-state index is 13.2. The summed E-state index contributed by atoms with van der Waals surface area (Å²) < 4.78 is 10.9. The number of anilines is 2. The van der Waals surface area contributed by atoms with Gasteiger partial charge in [0.15, 0.2) is 11.5 Å².